The molecular weight excluding hydrogens is 487 g/mol. The average molecular weight is 509 g/mol. The maximum absolute atomic E-state index is 14.5. The van der Waals surface area contributed by atoms with E-state index in [1.54, 1.807) is 24.3 Å². The quantitative estimate of drug-likeness (QED) is 0.296. The number of nitriles is 1. The second-order valence-corrected chi connectivity index (χ2v) is 8.87. The molecule has 0 radical (unpaired) electrons. The lowest BCUT2D eigenvalue weighted by molar-refractivity contribution is 0.0698. The Bertz CT molecular complexity index is 1820. The van der Waals surface area contributed by atoms with Crippen LogP contribution >= 0.6 is 0 Å². The van der Waals surface area contributed by atoms with Crippen LogP contribution in [0.15, 0.2) is 82.3 Å². The Labute approximate surface area is 216 Å². The van der Waals surface area contributed by atoms with Crippen LogP contribution in [-0.2, 0) is 0 Å². The third-order valence-electron chi connectivity index (χ3n) is 6.19. The van der Waals surface area contributed by atoms with Crippen LogP contribution in [-0.4, -0.2) is 20.9 Å². The predicted octanol–water partition coefficient (Wildman–Crippen LogP) is 5.84. The second kappa shape index (κ2) is 9.67. The summed E-state index contributed by atoms with van der Waals surface area (Å²) in [7, 11) is 0. The first-order chi connectivity index (χ1) is 18.2. The lowest BCUT2D eigenvalue weighted by Gasteiger charge is -2.19. The van der Waals surface area contributed by atoms with Gasteiger partial charge in [0.25, 0.3) is 0 Å². The van der Waals surface area contributed by atoms with Crippen LogP contribution in [0.4, 0.5) is 10.1 Å². The molecule has 1 atom stereocenters. The van der Waals surface area contributed by atoms with Gasteiger partial charge in [-0.05, 0) is 55.8 Å². The largest absolute Gasteiger partial charge is 0.478 e. The molecule has 8 nitrogen and oxygen atoms in total. The van der Waals surface area contributed by atoms with Crippen LogP contribution < -0.4 is 10.7 Å². The van der Waals surface area contributed by atoms with E-state index >= 15 is 0 Å². The third kappa shape index (κ3) is 4.51. The Balaban J connectivity index is 1.58. The highest BCUT2D eigenvalue weighted by atomic mass is 19.1. The molecule has 0 aliphatic carbocycles. The molecule has 0 spiro atoms. The number of aryl methyl sites for hydroxylation is 1. The van der Waals surface area contributed by atoms with Crippen LogP contribution in [0.3, 0.4) is 0 Å². The van der Waals surface area contributed by atoms with Crippen molar-refractivity contribution < 1.29 is 18.7 Å². The van der Waals surface area contributed by atoms with Gasteiger partial charge in [0, 0.05) is 23.5 Å². The van der Waals surface area contributed by atoms with Crippen LogP contribution in [0.1, 0.15) is 40.0 Å². The molecule has 9 heteroatoms. The molecule has 188 valence electrons. The lowest BCUT2D eigenvalue weighted by atomic mass is 10.0. The van der Waals surface area contributed by atoms with Crippen molar-refractivity contribution in [2.24, 2.45) is 0 Å². The molecule has 0 fully saturated rings. The van der Waals surface area contributed by atoms with Crippen molar-refractivity contribution in [1.29, 1.82) is 5.26 Å². The Morgan fingerprint density at radius 2 is 1.97 bits per heavy atom. The fourth-order valence-electron chi connectivity index (χ4n) is 4.35. The van der Waals surface area contributed by atoms with E-state index in [2.05, 4.69) is 10.4 Å². The van der Waals surface area contributed by atoms with Crippen molar-refractivity contribution in [2.45, 2.75) is 19.9 Å². The van der Waals surface area contributed by atoms with Crippen LogP contribution in [0.2, 0.25) is 0 Å². The first kappa shape index (κ1) is 24.5. The van der Waals surface area contributed by atoms with E-state index in [1.165, 1.54) is 41.3 Å². The van der Waals surface area contributed by atoms with Crippen molar-refractivity contribution in [3.05, 3.63) is 111 Å². The summed E-state index contributed by atoms with van der Waals surface area (Å²) in [6.07, 6.45) is 2.99. The van der Waals surface area contributed by atoms with E-state index in [0.717, 1.165) is 11.6 Å². The lowest BCUT2D eigenvalue weighted by Crippen LogP contribution is -2.12. The first-order valence-corrected chi connectivity index (χ1v) is 11.7. The van der Waals surface area contributed by atoms with Gasteiger partial charge in [0.1, 0.15) is 22.8 Å². The summed E-state index contributed by atoms with van der Waals surface area (Å²) in [5, 5.41) is 26.3. The molecule has 2 aromatic heterocycles. The Kier molecular flexibility index (Phi) is 6.23. The summed E-state index contributed by atoms with van der Waals surface area (Å²) in [5.41, 5.74) is 2.95. The smallest absolute Gasteiger partial charge is 0.337 e. The number of halogens is 1. The Morgan fingerprint density at radius 1 is 1.18 bits per heavy atom. The van der Waals surface area contributed by atoms with E-state index < -0.39 is 17.8 Å². The van der Waals surface area contributed by atoms with Gasteiger partial charge < -0.3 is 14.8 Å². The molecule has 1 unspecified atom stereocenters. The van der Waals surface area contributed by atoms with Gasteiger partial charge in [0.2, 0.25) is 0 Å². The number of carboxylic acid groups (broad SMARTS) is 1. The van der Waals surface area contributed by atoms with E-state index in [4.69, 9.17) is 9.68 Å². The fraction of sp³-hybridized carbons (Fsp3) is 0.103. The minimum Gasteiger partial charge on any atom is -0.478 e. The molecule has 2 N–H and O–H groups in total. The summed E-state index contributed by atoms with van der Waals surface area (Å²) in [4.78, 5) is 24.8. The molecular formula is C29H21FN4O4. The van der Waals surface area contributed by atoms with E-state index in [9.17, 15) is 19.1 Å². The van der Waals surface area contributed by atoms with Crippen molar-refractivity contribution in [3.63, 3.8) is 0 Å². The van der Waals surface area contributed by atoms with Gasteiger partial charge in [0.05, 0.1) is 40.4 Å². The summed E-state index contributed by atoms with van der Waals surface area (Å²) in [6.45, 7) is 3.72. The summed E-state index contributed by atoms with van der Waals surface area (Å²) in [6, 6.07) is 17.1. The fourth-order valence-corrected chi connectivity index (χ4v) is 4.35. The first-order valence-electron chi connectivity index (χ1n) is 11.7. The number of rotatable bonds is 6. The van der Waals surface area contributed by atoms with Crippen LogP contribution in [0.5, 0.6) is 0 Å². The number of benzene rings is 3. The van der Waals surface area contributed by atoms with Gasteiger partial charge in [-0.25, -0.2) is 13.9 Å². The molecule has 0 aliphatic rings. The summed E-state index contributed by atoms with van der Waals surface area (Å²) >= 11 is 0. The van der Waals surface area contributed by atoms with E-state index in [-0.39, 0.29) is 28.0 Å². The maximum atomic E-state index is 14.5. The second-order valence-electron chi connectivity index (χ2n) is 8.87. The highest BCUT2D eigenvalue weighted by Gasteiger charge is 2.19. The molecule has 5 rings (SSSR count). The van der Waals surface area contributed by atoms with E-state index in [0.29, 0.717) is 27.8 Å². The number of carbonyl (C=O) groups is 1. The molecule has 0 bridgehead atoms. The van der Waals surface area contributed by atoms with Gasteiger partial charge in [-0.3, -0.25) is 4.79 Å². The van der Waals surface area contributed by atoms with Crippen LogP contribution in [0, 0.1) is 24.1 Å². The number of nitrogens with zero attached hydrogens (tertiary/aromatic N) is 3. The molecule has 38 heavy (non-hydrogen) atoms. The average Bonchev–Trinajstić information content (AvgIpc) is 3.38. The minimum absolute atomic E-state index is 0.126. The highest BCUT2D eigenvalue weighted by Crippen LogP contribution is 2.31. The number of carboxylic acids is 1. The molecule has 3 aromatic carbocycles. The SMILES string of the molecule is Cc1cc(C(C)Nc2ccccc2C(=O)O)c2oc(-c3cnn(-c4ccc(C#N)cc4F)c3)cc(=O)c2c1. The van der Waals surface area contributed by atoms with Crippen LogP contribution in [0.25, 0.3) is 28.0 Å². The Morgan fingerprint density at radius 3 is 2.71 bits per heavy atom. The number of hydrogen-bond acceptors (Lipinski definition) is 6. The Hall–Kier alpha value is -5.23. The highest BCUT2D eigenvalue weighted by molar-refractivity contribution is 5.94. The van der Waals surface area contributed by atoms with Crippen molar-refractivity contribution in [2.75, 3.05) is 5.32 Å². The zero-order chi connectivity index (χ0) is 27.0. The zero-order valence-corrected chi connectivity index (χ0v) is 20.4. The zero-order valence-electron chi connectivity index (χ0n) is 20.4. The number of hydrogen-bond donors (Lipinski definition) is 2. The van der Waals surface area contributed by atoms with Gasteiger partial charge in [-0.2, -0.15) is 10.4 Å². The van der Waals surface area contributed by atoms with Crippen molar-refractivity contribution in [3.8, 4) is 23.1 Å². The molecule has 0 saturated carbocycles. The molecule has 0 aliphatic heterocycles. The molecule has 0 amide bonds. The minimum atomic E-state index is -1.06. The van der Waals surface area contributed by atoms with Crippen molar-refractivity contribution in [1.82, 2.24) is 9.78 Å². The summed E-state index contributed by atoms with van der Waals surface area (Å²) < 4.78 is 22.0. The van der Waals surface area contributed by atoms with Crippen molar-refractivity contribution >= 4 is 22.6 Å². The number of fused-ring (bicyclic) bond motifs is 1. The number of anilines is 1. The maximum Gasteiger partial charge on any atom is 0.337 e. The molecule has 2 heterocycles. The topological polar surface area (TPSA) is 121 Å². The summed E-state index contributed by atoms with van der Waals surface area (Å²) in [5.74, 6) is -1.43. The van der Waals surface area contributed by atoms with Gasteiger partial charge in [-0.1, -0.05) is 18.2 Å². The number of para-hydroxylation sites is 1. The standard InChI is InChI=1S/C29H21FN4O4/c1-16-9-21(17(2)33-24-6-4-3-5-20(24)29(36)37)28-22(10-16)26(35)12-27(38-28)19-14-32-34(15-19)25-8-7-18(13-31)11-23(25)30/h3-12,14-15,17,33H,1-2H3,(H,36,37). The van der Waals surface area contributed by atoms with Gasteiger partial charge >= 0.3 is 5.97 Å². The van der Waals surface area contributed by atoms with Gasteiger partial charge in [0.15, 0.2) is 5.43 Å². The van der Waals surface area contributed by atoms with Gasteiger partial charge in [-0.15, -0.1) is 0 Å². The number of aromatic nitrogens is 2. The number of nitrogens with one attached hydrogen (secondary N) is 1. The number of aromatic carboxylic acids is 1. The van der Waals surface area contributed by atoms with E-state index in [1.807, 2.05) is 26.0 Å². The third-order valence-corrected chi connectivity index (χ3v) is 6.19. The molecule has 5 aromatic rings. The molecule has 0 saturated heterocycles. The monoisotopic (exact) mass is 508 g/mol. The normalized spacial score (nSPS) is 11.7. The predicted molar refractivity (Wildman–Crippen MR) is 140 cm³/mol.